The van der Waals surface area contributed by atoms with Gasteiger partial charge in [0.1, 0.15) is 0 Å². The highest BCUT2D eigenvalue weighted by atomic mass is 79.9. The van der Waals surface area contributed by atoms with Crippen molar-refractivity contribution in [3.63, 3.8) is 0 Å². The van der Waals surface area contributed by atoms with Gasteiger partial charge in [-0.25, -0.2) is 4.79 Å². The predicted octanol–water partition coefficient (Wildman–Crippen LogP) is 3.47. The Hall–Kier alpha value is -2.51. The Bertz CT molecular complexity index is 978. The molecule has 2 aromatic carbocycles. The average Bonchev–Trinajstić information content (AvgIpc) is 3.23. The Morgan fingerprint density at radius 2 is 1.77 bits per heavy atom. The van der Waals surface area contributed by atoms with Crippen LogP contribution in [0, 0.1) is 11.8 Å². The second-order valence-corrected chi connectivity index (χ2v) is 8.75. The number of carboxylic acid groups (broad SMARTS) is 1. The smallest absolute Gasteiger partial charge is 0.329 e. The standard InChI is InChI=1S/C23H23BrN2O4/c1-2-3-13-26-20(27)17-18(21(26)28)23(22(29)30,15-7-5-4-6-8-15)25-19(17)14-9-11-16(24)12-10-14/h4-12,17-19,25H,2-3,13H2,1H3,(H,29,30). The third-order valence-electron chi connectivity index (χ3n) is 6.18. The van der Waals surface area contributed by atoms with E-state index < -0.39 is 35.3 Å². The summed E-state index contributed by atoms with van der Waals surface area (Å²) in [4.78, 5) is 40.8. The number of unbranched alkanes of at least 4 members (excludes halogenated alkanes) is 1. The van der Waals surface area contributed by atoms with Crippen LogP contribution in [0.25, 0.3) is 0 Å². The summed E-state index contributed by atoms with van der Waals surface area (Å²) in [5, 5.41) is 13.6. The van der Waals surface area contributed by atoms with Gasteiger partial charge in [-0.15, -0.1) is 0 Å². The lowest BCUT2D eigenvalue weighted by atomic mass is 9.75. The zero-order valence-corrected chi connectivity index (χ0v) is 18.1. The number of likely N-dealkylation sites (tertiary alicyclic amines) is 1. The first-order valence-electron chi connectivity index (χ1n) is 10.1. The van der Waals surface area contributed by atoms with Crippen LogP contribution in [0.1, 0.15) is 36.9 Å². The molecule has 0 saturated carbocycles. The molecule has 2 aromatic rings. The number of amides is 2. The lowest BCUT2D eigenvalue weighted by molar-refractivity contribution is -0.152. The zero-order chi connectivity index (χ0) is 21.5. The van der Waals surface area contributed by atoms with Gasteiger partial charge in [0.05, 0.1) is 11.8 Å². The van der Waals surface area contributed by atoms with Crippen molar-refractivity contribution in [3.05, 3.63) is 70.2 Å². The number of carboxylic acids is 1. The van der Waals surface area contributed by atoms with Gasteiger partial charge < -0.3 is 5.11 Å². The number of benzene rings is 2. The summed E-state index contributed by atoms with van der Waals surface area (Å²) in [6.45, 7) is 2.31. The summed E-state index contributed by atoms with van der Waals surface area (Å²) < 4.78 is 0.881. The molecule has 2 N–H and O–H groups in total. The van der Waals surface area contributed by atoms with Crippen LogP contribution in [0.15, 0.2) is 59.1 Å². The maximum Gasteiger partial charge on any atom is 0.329 e. The van der Waals surface area contributed by atoms with Crippen molar-refractivity contribution in [1.82, 2.24) is 10.2 Å². The Morgan fingerprint density at radius 3 is 2.37 bits per heavy atom. The van der Waals surface area contributed by atoms with Crippen LogP contribution in [0.2, 0.25) is 0 Å². The molecule has 4 unspecified atom stereocenters. The van der Waals surface area contributed by atoms with Gasteiger partial charge in [-0.1, -0.05) is 71.7 Å². The third kappa shape index (κ3) is 3.08. The number of carbonyl (C=O) groups is 3. The van der Waals surface area contributed by atoms with Crippen molar-refractivity contribution in [2.45, 2.75) is 31.3 Å². The van der Waals surface area contributed by atoms with E-state index in [0.29, 0.717) is 18.5 Å². The van der Waals surface area contributed by atoms with Crippen LogP contribution < -0.4 is 5.32 Å². The van der Waals surface area contributed by atoms with Gasteiger partial charge in [-0.05, 0) is 29.7 Å². The van der Waals surface area contributed by atoms with Crippen LogP contribution in [0.5, 0.6) is 0 Å². The summed E-state index contributed by atoms with van der Waals surface area (Å²) in [5.74, 6) is -3.63. The molecule has 2 saturated heterocycles. The van der Waals surface area contributed by atoms with Crippen molar-refractivity contribution in [2.75, 3.05) is 6.54 Å². The van der Waals surface area contributed by atoms with E-state index >= 15 is 0 Å². The monoisotopic (exact) mass is 470 g/mol. The number of hydrogen-bond acceptors (Lipinski definition) is 4. The van der Waals surface area contributed by atoms with Crippen molar-refractivity contribution < 1.29 is 19.5 Å². The Labute approximate surface area is 183 Å². The topological polar surface area (TPSA) is 86.7 Å². The lowest BCUT2D eigenvalue weighted by Crippen LogP contribution is -2.53. The number of imide groups is 1. The first-order valence-corrected chi connectivity index (χ1v) is 10.9. The highest BCUT2D eigenvalue weighted by Crippen LogP contribution is 2.53. The molecule has 2 amide bonds. The van der Waals surface area contributed by atoms with Crippen molar-refractivity contribution in [3.8, 4) is 0 Å². The summed E-state index contributed by atoms with van der Waals surface area (Å²) >= 11 is 3.41. The number of carbonyl (C=O) groups excluding carboxylic acids is 2. The van der Waals surface area contributed by atoms with E-state index in [4.69, 9.17) is 0 Å². The van der Waals surface area contributed by atoms with Gasteiger partial charge in [0.2, 0.25) is 11.8 Å². The number of hydrogen-bond donors (Lipinski definition) is 2. The molecule has 2 aliphatic heterocycles. The maximum absolute atomic E-state index is 13.4. The molecular weight excluding hydrogens is 448 g/mol. The highest BCUT2D eigenvalue weighted by Gasteiger charge is 2.69. The van der Waals surface area contributed by atoms with Crippen LogP contribution in [0.3, 0.4) is 0 Å². The van der Waals surface area contributed by atoms with E-state index in [-0.39, 0.29) is 5.91 Å². The van der Waals surface area contributed by atoms with Crippen molar-refractivity contribution in [2.24, 2.45) is 11.8 Å². The Morgan fingerprint density at radius 1 is 1.10 bits per heavy atom. The van der Waals surface area contributed by atoms with E-state index in [0.717, 1.165) is 16.5 Å². The Balaban J connectivity index is 1.88. The summed E-state index contributed by atoms with van der Waals surface area (Å²) in [6, 6.07) is 15.5. The SMILES string of the molecule is CCCCN1C(=O)C2C(c3ccc(Br)cc3)NC(C(=O)O)(c3ccccc3)C2C1=O. The molecule has 2 heterocycles. The van der Waals surface area contributed by atoms with Gasteiger partial charge in [0, 0.05) is 17.1 Å². The molecule has 0 bridgehead atoms. The first-order chi connectivity index (χ1) is 14.4. The minimum absolute atomic E-state index is 0.294. The first kappa shape index (κ1) is 20.8. The molecule has 4 rings (SSSR count). The van der Waals surface area contributed by atoms with Gasteiger partial charge in [-0.3, -0.25) is 19.8 Å². The van der Waals surface area contributed by atoms with Crippen LogP contribution in [-0.4, -0.2) is 34.3 Å². The predicted molar refractivity (Wildman–Crippen MR) is 114 cm³/mol. The van der Waals surface area contributed by atoms with Gasteiger partial charge in [-0.2, -0.15) is 0 Å². The van der Waals surface area contributed by atoms with E-state index in [1.54, 1.807) is 30.3 Å². The minimum Gasteiger partial charge on any atom is -0.480 e. The average molecular weight is 471 g/mol. The van der Waals surface area contributed by atoms with Gasteiger partial charge in [0.25, 0.3) is 0 Å². The van der Waals surface area contributed by atoms with Gasteiger partial charge >= 0.3 is 5.97 Å². The third-order valence-corrected chi connectivity index (χ3v) is 6.71. The second kappa shape index (κ2) is 7.96. The fourth-order valence-corrected chi connectivity index (χ4v) is 5.01. The number of fused-ring (bicyclic) bond motifs is 1. The maximum atomic E-state index is 13.4. The normalized spacial score (nSPS) is 28.1. The van der Waals surface area contributed by atoms with E-state index in [9.17, 15) is 19.5 Å². The number of aliphatic carboxylic acids is 1. The quantitative estimate of drug-likeness (QED) is 0.631. The molecule has 6 nitrogen and oxygen atoms in total. The minimum atomic E-state index is -1.67. The summed E-state index contributed by atoms with van der Waals surface area (Å²) in [6.07, 6.45) is 1.53. The largest absolute Gasteiger partial charge is 0.480 e. The van der Waals surface area contributed by atoms with Crippen molar-refractivity contribution in [1.29, 1.82) is 0 Å². The molecule has 7 heteroatoms. The van der Waals surface area contributed by atoms with Crippen LogP contribution >= 0.6 is 15.9 Å². The lowest BCUT2D eigenvalue weighted by Gasteiger charge is -2.31. The molecule has 2 fully saturated rings. The second-order valence-electron chi connectivity index (χ2n) is 7.84. The molecular formula is C23H23BrN2O4. The van der Waals surface area contributed by atoms with E-state index in [1.807, 2.05) is 31.2 Å². The van der Waals surface area contributed by atoms with E-state index in [2.05, 4.69) is 21.2 Å². The molecule has 0 radical (unpaired) electrons. The Kier molecular flexibility index (Phi) is 5.51. The molecule has 0 aliphatic carbocycles. The van der Waals surface area contributed by atoms with Gasteiger partial charge in [0.15, 0.2) is 5.54 Å². The molecule has 0 aromatic heterocycles. The summed E-state index contributed by atoms with van der Waals surface area (Å²) in [7, 11) is 0. The van der Waals surface area contributed by atoms with E-state index in [1.165, 1.54) is 4.90 Å². The fourth-order valence-electron chi connectivity index (χ4n) is 4.75. The molecule has 4 atom stereocenters. The number of nitrogens with zero attached hydrogens (tertiary/aromatic N) is 1. The molecule has 156 valence electrons. The highest BCUT2D eigenvalue weighted by molar-refractivity contribution is 9.10. The van der Waals surface area contributed by atoms with Crippen LogP contribution in [0.4, 0.5) is 0 Å². The molecule has 0 spiro atoms. The van der Waals surface area contributed by atoms with Crippen LogP contribution in [-0.2, 0) is 19.9 Å². The zero-order valence-electron chi connectivity index (χ0n) is 16.5. The molecule has 30 heavy (non-hydrogen) atoms. The molecule has 2 aliphatic rings. The fraction of sp³-hybridized carbons (Fsp3) is 0.348. The number of nitrogens with one attached hydrogen (secondary N) is 1. The van der Waals surface area contributed by atoms with Crippen molar-refractivity contribution >= 4 is 33.7 Å². The number of halogens is 1. The number of rotatable bonds is 6. The summed E-state index contributed by atoms with van der Waals surface area (Å²) in [5.41, 5.74) is -0.409.